The van der Waals surface area contributed by atoms with Gasteiger partial charge in [-0.15, -0.1) is 0 Å². The standard InChI is InChI=1S/C70H131O11P/c1-4-7-10-13-16-19-22-25-28-31-33-36-38-41-44-47-50-53-56-59-68(72)77-63-67(81-70(74)61-58-55-52-49-46-43-40-37-34-32-29-26-23-20-17-14-11-8-5-2)65-79-82(75,76)78-64-66(62-71)80-69(73)60-57-54-51-48-45-42-39-35-30-27-24-21-18-15-12-9-6-3/h16,19,25,28,33,36,66-67,71H,4-15,17-18,20-24,26-27,29-32,34-35,37-65H2,1-3H3,(H,75,76)/b19-16-,28-25-,36-33-. The Morgan fingerprint density at radius 3 is 0.939 bits per heavy atom. The quantitative estimate of drug-likeness (QED) is 0.0197. The number of hydrogen-bond acceptors (Lipinski definition) is 10. The normalized spacial score (nSPS) is 13.4. The summed E-state index contributed by atoms with van der Waals surface area (Å²) in [5.74, 6) is -1.44. The first-order valence-corrected chi connectivity index (χ1v) is 36.4. The van der Waals surface area contributed by atoms with E-state index in [4.69, 9.17) is 23.3 Å². The van der Waals surface area contributed by atoms with Crippen molar-refractivity contribution in [1.82, 2.24) is 0 Å². The molecule has 0 aliphatic heterocycles. The van der Waals surface area contributed by atoms with Crippen LogP contribution in [-0.2, 0) is 42.2 Å². The van der Waals surface area contributed by atoms with Crippen LogP contribution in [0.3, 0.4) is 0 Å². The SMILES string of the molecule is CCCCC/C=C\C/C=C\C/C=C\CCCCCCCCC(=O)OCC(COP(=O)(O)OCC(CO)OC(=O)CCCCCCCCCCCCCCCCCCC)OC(=O)CCCCCCCCCCCCCCCCCCCCC. The lowest BCUT2D eigenvalue weighted by Gasteiger charge is -2.21. The Labute approximate surface area is 505 Å². The Bertz CT molecular complexity index is 1520. The summed E-state index contributed by atoms with van der Waals surface area (Å²) in [6.07, 6.45) is 70.9. The number of phosphoric ester groups is 1. The summed E-state index contributed by atoms with van der Waals surface area (Å²) in [6.45, 7) is 4.70. The molecule has 0 spiro atoms. The van der Waals surface area contributed by atoms with Crippen molar-refractivity contribution >= 4 is 25.7 Å². The first-order valence-electron chi connectivity index (χ1n) is 34.9. The number of ether oxygens (including phenoxy) is 3. The number of hydrogen-bond donors (Lipinski definition) is 2. The predicted molar refractivity (Wildman–Crippen MR) is 344 cm³/mol. The van der Waals surface area contributed by atoms with Crippen molar-refractivity contribution < 1.29 is 52.2 Å². The van der Waals surface area contributed by atoms with Gasteiger partial charge in [0.1, 0.15) is 12.7 Å². The lowest BCUT2D eigenvalue weighted by atomic mass is 10.0. The van der Waals surface area contributed by atoms with Gasteiger partial charge in [0.25, 0.3) is 0 Å². The van der Waals surface area contributed by atoms with Gasteiger partial charge in [0.2, 0.25) is 0 Å². The van der Waals surface area contributed by atoms with E-state index < -0.39 is 57.8 Å². The maximum atomic E-state index is 13.0. The average molecular weight is 1180 g/mol. The molecule has 3 unspecified atom stereocenters. The van der Waals surface area contributed by atoms with Crippen molar-refractivity contribution in [2.75, 3.05) is 26.4 Å². The monoisotopic (exact) mass is 1180 g/mol. The number of unbranched alkanes of at least 4 members (excludes halogenated alkanes) is 43. The molecule has 0 aromatic heterocycles. The lowest BCUT2D eigenvalue weighted by molar-refractivity contribution is -0.161. The molecule has 0 bridgehead atoms. The largest absolute Gasteiger partial charge is 0.472 e. The molecule has 82 heavy (non-hydrogen) atoms. The van der Waals surface area contributed by atoms with Gasteiger partial charge in [-0.05, 0) is 57.8 Å². The molecule has 0 fully saturated rings. The van der Waals surface area contributed by atoms with Gasteiger partial charge in [-0.2, -0.15) is 0 Å². The fourth-order valence-electron chi connectivity index (χ4n) is 10.3. The van der Waals surface area contributed by atoms with Crippen LogP contribution in [0.4, 0.5) is 0 Å². The Morgan fingerprint density at radius 1 is 0.341 bits per heavy atom. The molecule has 0 aromatic rings. The van der Waals surface area contributed by atoms with E-state index in [1.54, 1.807) is 0 Å². The molecule has 12 heteroatoms. The van der Waals surface area contributed by atoms with E-state index in [1.807, 2.05) is 0 Å². The molecule has 3 atom stereocenters. The van der Waals surface area contributed by atoms with Gasteiger partial charge in [0, 0.05) is 19.3 Å². The Hall–Kier alpha value is -2.30. The highest BCUT2D eigenvalue weighted by Gasteiger charge is 2.28. The minimum absolute atomic E-state index is 0.171. The van der Waals surface area contributed by atoms with Crippen LogP contribution in [-0.4, -0.2) is 66.5 Å². The van der Waals surface area contributed by atoms with Crippen LogP contribution in [0.1, 0.15) is 355 Å². The highest BCUT2D eigenvalue weighted by atomic mass is 31.2. The fraction of sp³-hybridized carbons (Fsp3) is 0.871. The number of carbonyl (C=O) groups excluding carboxylic acids is 3. The van der Waals surface area contributed by atoms with E-state index in [0.717, 1.165) is 89.9 Å². The summed E-state index contributed by atoms with van der Waals surface area (Å²) >= 11 is 0. The second kappa shape index (κ2) is 64.7. The third kappa shape index (κ3) is 62.2. The zero-order valence-electron chi connectivity index (χ0n) is 53.7. The lowest BCUT2D eigenvalue weighted by Crippen LogP contribution is -2.30. The topological polar surface area (TPSA) is 155 Å². The van der Waals surface area contributed by atoms with Gasteiger partial charge in [-0.25, -0.2) is 4.57 Å². The third-order valence-electron chi connectivity index (χ3n) is 15.6. The Balaban J connectivity index is 4.66. The van der Waals surface area contributed by atoms with Crippen LogP contribution in [0.2, 0.25) is 0 Å². The van der Waals surface area contributed by atoms with Crippen molar-refractivity contribution in [2.45, 2.75) is 367 Å². The minimum Gasteiger partial charge on any atom is -0.462 e. The summed E-state index contributed by atoms with van der Waals surface area (Å²) < 4.78 is 39.8. The van der Waals surface area contributed by atoms with Gasteiger partial charge < -0.3 is 24.2 Å². The van der Waals surface area contributed by atoms with Crippen molar-refractivity contribution in [2.24, 2.45) is 0 Å². The average Bonchev–Trinajstić information content (AvgIpc) is 3.47. The molecule has 482 valence electrons. The molecular weight excluding hydrogens is 1050 g/mol. The number of allylic oxidation sites excluding steroid dienone is 6. The number of rotatable bonds is 66. The first-order chi connectivity index (χ1) is 40.2. The van der Waals surface area contributed by atoms with E-state index in [-0.39, 0.29) is 25.9 Å². The fourth-order valence-corrected chi connectivity index (χ4v) is 11.0. The molecule has 0 rings (SSSR count). The molecule has 0 heterocycles. The zero-order valence-corrected chi connectivity index (χ0v) is 54.6. The van der Waals surface area contributed by atoms with Crippen LogP contribution in [0.5, 0.6) is 0 Å². The summed E-state index contributed by atoms with van der Waals surface area (Å²) in [4.78, 5) is 48.9. The van der Waals surface area contributed by atoms with Gasteiger partial charge in [-0.1, -0.05) is 314 Å². The van der Waals surface area contributed by atoms with Crippen molar-refractivity contribution in [3.8, 4) is 0 Å². The van der Waals surface area contributed by atoms with Crippen molar-refractivity contribution in [3.05, 3.63) is 36.5 Å². The van der Waals surface area contributed by atoms with Gasteiger partial charge in [0.05, 0.1) is 19.8 Å². The minimum atomic E-state index is -4.75. The molecular formula is C70H131O11P. The van der Waals surface area contributed by atoms with Crippen molar-refractivity contribution in [1.29, 1.82) is 0 Å². The number of carbonyl (C=O) groups is 3. The van der Waals surface area contributed by atoms with E-state index in [0.29, 0.717) is 19.3 Å². The van der Waals surface area contributed by atoms with Crippen molar-refractivity contribution in [3.63, 3.8) is 0 Å². The van der Waals surface area contributed by atoms with Crippen LogP contribution < -0.4 is 0 Å². The summed E-state index contributed by atoms with van der Waals surface area (Å²) in [5.41, 5.74) is 0. The molecule has 0 amide bonds. The van der Waals surface area contributed by atoms with Crippen LogP contribution >= 0.6 is 7.82 Å². The molecule has 0 saturated heterocycles. The zero-order chi connectivity index (χ0) is 59.8. The summed E-state index contributed by atoms with van der Waals surface area (Å²) in [6, 6.07) is 0. The Morgan fingerprint density at radius 2 is 0.598 bits per heavy atom. The maximum Gasteiger partial charge on any atom is 0.472 e. The summed E-state index contributed by atoms with van der Waals surface area (Å²) in [5, 5.41) is 9.88. The van der Waals surface area contributed by atoms with E-state index in [1.165, 1.54) is 205 Å². The molecule has 0 saturated carbocycles. The second-order valence-electron chi connectivity index (χ2n) is 23.7. The van der Waals surface area contributed by atoms with Crippen LogP contribution in [0, 0.1) is 0 Å². The number of aliphatic hydroxyl groups excluding tert-OH is 1. The molecule has 0 aliphatic rings. The predicted octanol–water partition coefficient (Wildman–Crippen LogP) is 21.5. The molecule has 0 aliphatic carbocycles. The highest BCUT2D eigenvalue weighted by molar-refractivity contribution is 7.47. The van der Waals surface area contributed by atoms with E-state index in [9.17, 15) is 28.9 Å². The molecule has 0 aromatic carbocycles. The number of aliphatic hydroxyl groups is 1. The smallest absolute Gasteiger partial charge is 0.462 e. The first kappa shape index (κ1) is 79.7. The molecule has 2 N–H and O–H groups in total. The summed E-state index contributed by atoms with van der Waals surface area (Å²) in [7, 11) is -4.75. The number of esters is 3. The van der Waals surface area contributed by atoms with E-state index >= 15 is 0 Å². The van der Waals surface area contributed by atoms with Crippen LogP contribution in [0.15, 0.2) is 36.5 Å². The molecule has 11 nitrogen and oxygen atoms in total. The second-order valence-corrected chi connectivity index (χ2v) is 25.2. The molecule has 0 radical (unpaired) electrons. The van der Waals surface area contributed by atoms with Gasteiger partial charge in [0.15, 0.2) is 6.10 Å². The van der Waals surface area contributed by atoms with Gasteiger partial charge in [-0.3, -0.25) is 23.4 Å². The Kier molecular flexibility index (Phi) is 62.9. The highest BCUT2D eigenvalue weighted by Crippen LogP contribution is 2.43. The number of phosphoric acid groups is 1. The maximum absolute atomic E-state index is 13.0. The van der Waals surface area contributed by atoms with E-state index in [2.05, 4.69) is 57.2 Å². The van der Waals surface area contributed by atoms with Crippen LogP contribution in [0.25, 0.3) is 0 Å². The van der Waals surface area contributed by atoms with Gasteiger partial charge >= 0.3 is 25.7 Å². The third-order valence-corrected chi connectivity index (χ3v) is 16.5.